The molecule has 0 aromatic carbocycles. The molecule has 6 nitrogen and oxygen atoms in total. The molecule has 6 heteroatoms. The van der Waals surface area contributed by atoms with E-state index in [9.17, 15) is 4.79 Å². The zero-order valence-electron chi connectivity index (χ0n) is 10.3. The summed E-state index contributed by atoms with van der Waals surface area (Å²) in [5.41, 5.74) is 2.76. The van der Waals surface area contributed by atoms with Crippen molar-refractivity contribution in [1.29, 1.82) is 0 Å². The van der Waals surface area contributed by atoms with Crippen LogP contribution >= 0.6 is 0 Å². The zero-order chi connectivity index (χ0) is 13.2. The summed E-state index contributed by atoms with van der Waals surface area (Å²) in [4.78, 5) is 19.0. The first-order valence-electron chi connectivity index (χ1n) is 5.94. The van der Waals surface area contributed by atoms with Crippen molar-refractivity contribution in [3.8, 4) is 11.1 Å². The van der Waals surface area contributed by atoms with E-state index in [1.54, 1.807) is 29.9 Å². The van der Waals surface area contributed by atoms with Crippen molar-refractivity contribution in [3.05, 3.63) is 42.6 Å². The van der Waals surface area contributed by atoms with Gasteiger partial charge >= 0.3 is 5.97 Å². The summed E-state index contributed by atoms with van der Waals surface area (Å²) in [6.07, 6.45) is 7.11. The number of nitrogens with one attached hydrogen (secondary N) is 1. The molecule has 0 amide bonds. The van der Waals surface area contributed by atoms with E-state index in [0.717, 1.165) is 11.1 Å². The fraction of sp³-hybridized carbons (Fsp3) is 0.154. The van der Waals surface area contributed by atoms with Crippen LogP contribution in [0.2, 0.25) is 0 Å². The standard InChI is InChI=1S/C13H12N4O2/c1-2-19-13(18)11-4-6-17-12(16-11)10(8-15-17)9-3-5-14-7-9/h3-8,14H,2H2,1H3. The second-order valence-corrected chi connectivity index (χ2v) is 3.96. The van der Waals surface area contributed by atoms with E-state index in [4.69, 9.17) is 4.74 Å². The highest BCUT2D eigenvalue weighted by atomic mass is 16.5. The second kappa shape index (κ2) is 4.56. The van der Waals surface area contributed by atoms with Gasteiger partial charge in [0.15, 0.2) is 11.3 Å². The number of hydrogen-bond acceptors (Lipinski definition) is 4. The molecule has 96 valence electrons. The molecule has 0 saturated carbocycles. The fourth-order valence-corrected chi connectivity index (χ4v) is 1.88. The molecule has 0 unspecified atom stereocenters. The molecular formula is C13H12N4O2. The number of H-pyrrole nitrogens is 1. The maximum absolute atomic E-state index is 11.7. The van der Waals surface area contributed by atoms with E-state index in [0.29, 0.717) is 12.3 Å². The topological polar surface area (TPSA) is 72.3 Å². The first kappa shape index (κ1) is 11.5. The summed E-state index contributed by atoms with van der Waals surface area (Å²) >= 11 is 0. The average Bonchev–Trinajstić information content (AvgIpc) is 3.06. The van der Waals surface area contributed by atoms with Crippen LogP contribution < -0.4 is 0 Å². The average molecular weight is 256 g/mol. The third-order valence-electron chi connectivity index (χ3n) is 2.76. The number of carbonyl (C=O) groups excluding carboxylic acids is 1. The van der Waals surface area contributed by atoms with Crippen LogP contribution in [0.5, 0.6) is 0 Å². The number of aromatic nitrogens is 4. The normalized spacial score (nSPS) is 10.8. The van der Waals surface area contributed by atoms with Crippen molar-refractivity contribution in [1.82, 2.24) is 19.6 Å². The quantitative estimate of drug-likeness (QED) is 0.726. The van der Waals surface area contributed by atoms with Crippen molar-refractivity contribution in [2.45, 2.75) is 6.92 Å². The molecule has 0 aliphatic rings. The zero-order valence-corrected chi connectivity index (χ0v) is 10.3. The summed E-state index contributed by atoms with van der Waals surface area (Å²) in [6.45, 7) is 2.09. The molecular weight excluding hydrogens is 244 g/mol. The summed E-state index contributed by atoms with van der Waals surface area (Å²) < 4.78 is 6.58. The van der Waals surface area contributed by atoms with Crippen LogP contribution in [-0.4, -0.2) is 32.2 Å². The smallest absolute Gasteiger partial charge is 0.357 e. The van der Waals surface area contributed by atoms with Gasteiger partial charge in [0.25, 0.3) is 0 Å². The van der Waals surface area contributed by atoms with E-state index in [2.05, 4.69) is 15.1 Å². The Labute approximate surface area is 109 Å². The van der Waals surface area contributed by atoms with Crippen LogP contribution in [-0.2, 0) is 4.74 Å². The van der Waals surface area contributed by atoms with Crippen LogP contribution in [0.4, 0.5) is 0 Å². The van der Waals surface area contributed by atoms with Crippen LogP contribution in [0.1, 0.15) is 17.4 Å². The van der Waals surface area contributed by atoms with Crippen molar-refractivity contribution < 1.29 is 9.53 Å². The molecule has 3 aromatic rings. The van der Waals surface area contributed by atoms with E-state index in [-0.39, 0.29) is 5.69 Å². The van der Waals surface area contributed by atoms with Gasteiger partial charge in [-0.3, -0.25) is 0 Å². The van der Waals surface area contributed by atoms with Gasteiger partial charge in [0.05, 0.1) is 12.8 Å². The Morgan fingerprint density at radius 2 is 2.37 bits per heavy atom. The number of hydrogen-bond donors (Lipinski definition) is 1. The van der Waals surface area contributed by atoms with Gasteiger partial charge < -0.3 is 9.72 Å². The van der Waals surface area contributed by atoms with Crippen LogP contribution in [0.15, 0.2) is 36.9 Å². The van der Waals surface area contributed by atoms with Crippen LogP contribution in [0, 0.1) is 0 Å². The summed E-state index contributed by atoms with van der Waals surface area (Å²) in [5, 5.41) is 4.21. The number of fused-ring (bicyclic) bond motifs is 1. The largest absolute Gasteiger partial charge is 0.461 e. The van der Waals surface area contributed by atoms with E-state index >= 15 is 0 Å². The van der Waals surface area contributed by atoms with Crippen molar-refractivity contribution >= 4 is 11.6 Å². The molecule has 0 bridgehead atoms. The minimum Gasteiger partial charge on any atom is -0.461 e. The molecule has 0 atom stereocenters. The van der Waals surface area contributed by atoms with Crippen LogP contribution in [0.25, 0.3) is 16.8 Å². The molecule has 1 N–H and O–H groups in total. The van der Waals surface area contributed by atoms with Gasteiger partial charge in [0.2, 0.25) is 0 Å². The maximum atomic E-state index is 11.7. The van der Waals surface area contributed by atoms with Gasteiger partial charge in [0.1, 0.15) is 0 Å². The van der Waals surface area contributed by atoms with Crippen molar-refractivity contribution in [3.63, 3.8) is 0 Å². The van der Waals surface area contributed by atoms with Crippen molar-refractivity contribution in [2.24, 2.45) is 0 Å². The first-order chi connectivity index (χ1) is 9.29. The lowest BCUT2D eigenvalue weighted by molar-refractivity contribution is 0.0519. The number of esters is 1. The molecule has 3 heterocycles. The first-order valence-corrected chi connectivity index (χ1v) is 5.94. The fourth-order valence-electron chi connectivity index (χ4n) is 1.88. The highest BCUT2D eigenvalue weighted by molar-refractivity contribution is 5.88. The van der Waals surface area contributed by atoms with E-state index < -0.39 is 5.97 Å². The van der Waals surface area contributed by atoms with Gasteiger partial charge in [-0.2, -0.15) is 5.10 Å². The SMILES string of the molecule is CCOC(=O)c1ccn2ncc(-c3cc[nH]c3)c2n1. The van der Waals surface area contributed by atoms with Gasteiger partial charge in [-0.05, 0) is 19.1 Å². The van der Waals surface area contributed by atoms with Gasteiger partial charge in [-0.15, -0.1) is 0 Å². The molecule has 0 spiro atoms. The number of aromatic amines is 1. The predicted molar refractivity (Wildman–Crippen MR) is 68.7 cm³/mol. The Hall–Kier alpha value is -2.63. The highest BCUT2D eigenvalue weighted by Gasteiger charge is 2.13. The Morgan fingerprint density at radius 3 is 3.11 bits per heavy atom. The maximum Gasteiger partial charge on any atom is 0.357 e. The Bertz CT molecular complexity index is 715. The number of nitrogens with zero attached hydrogens (tertiary/aromatic N) is 3. The van der Waals surface area contributed by atoms with Gasteiger partial charge in [-0.1, -0.05) is 0 Å². The molecule has 0 fully saturated rings. The minimum atomic E-state index is -0.425. The monoisotopic (exact) mass is 256 g/mol. The lowest BCUT2D eigenvalue weighted by Gasteiger charge is -2.02. The van der Waals surface area contributed by atoms with Crippen LogP contribution in [0.3, 0.4) is 0 Å². The van der Waals surface area contributed by atoms with Gasteiger partial charge in [0, 0.05) is 29.7 Å². The second-order valence-electron chi connectivity index (χ2n) is 3.96. The lowest BCUT2D eigenvalue weighted by Crippen LogP contribution is -2.08. The highest BCUT2D eigenvalue weighted by Crippen LogP contribution is 2.22. The Balaban J connectivity index is 2.11. The lowest BCUT2D eigenvalue weighted by atomic mass is 10.2. The Kier molecular flexibility index (Phi) is 2.75. The molecule has 3 rings (SSSR count). The molecule has 0 radical (unpaired) electrons. The molecule has 0 aliphatic carbocycles. The van der Waals surface area contributed by atoms with E-state index in [1.165, 1.54) is 0 Å². The molecule has 19 heavy (non-hydrogen) atoms. The third-order valence-corrected chi connectivity index (χ3v) is 2.76. The Morgan fingerprint density at radius 1 is 1.47 bits per heavy atom. The third kappa shape index (κ3) is 1.97. The van der Waals surface area contributed by atoms with Crippen molar-refractivity contribution in [2.75, 3.05) is 6.61 Å². The molecule has 0 aliphatic heterocycles. The summed E-state index contributed by atoms with van der Waals surface area (Å²) in [6, 6.07) is 3.52. The van der Waals surface area contributed by atoms with Gasteiger partial charge in [-0.25, -0.2) is 14.3 Å². The van der Waals surface area contributed by atoms with E-state index in [1.807, 2.05) is 18.5 Å². The molecule has 0 saturated heterocycles. The summed E-state index contributed by atoms with van der Waals surface area (Å²) in [5.74, 6) is -0.425. The number of rotatable bonds is 3. The number of ether oxygens (including phenoxy) is 1. The number of carbonyl (C=O) groups is 1. The minimum absolute atomic E-state index is 0.284. The predicted octanol–water partition coefficient (Wildman–Crippen LogP) is 1.90. The summed E-state index contributed by atoms with van der Waals surface area (Å²) in [7, 11) is 0. The molecule has 3 aromatic heterocycles.